The molecule has 2 aliphatic rings. The molecule has 1 amide bonds. The van der Waals surface area contributed by atoms with Crippen LogP contribution < -0.4 is 15.8 Å². The maximum atomic E-state index is 13.3. The fourth-order valence-electron chi connectivity index (χ4n) is 4.76. The summed E-state index contributed by atoms with van der Waals surface area (Å²) < 4.78 is 6.83. The average Bonchev–Trinajstić information content (AvgIpc) is 2.84. The van der Waals surface area contributed by atoms with Gasteiger partial charge in [-0.2, -0.15) is 0 Å². The van der Waals surface area contributed by atoms with Gasteiger partial charge in [-0.3, -0.25) is 18.8 Å². The van der Waals surface area contributed by atoms with E-state index >= 15 is 0 Å². The van der Waals surface area contributed by atoms with Crippen LogP contribution in [0.3, 0.4) is 0 Å². The van der Waals surface area contributed by atoms with E-state index in [1.165, 1.54) is 4.40 Å². The van der Waals surface area contributed by atoms with Crippen LogP contribution in [0.15, 0.2) is 41.3 Å². The number of carbonyl (C=O) groups excluding carboxylic acids is 1. The quantitative estimate of drug-likeness (QED) is 0.585. The van der Waals surface area contributed by atoms with Gasteiger partial charge < -0.3 is 20.1 Å². The molecule has 0 unspecified atom stereocenters. The Morgan fingerprint density at radius 1 is 1.09 bits per heavy atom. The van der Waals surface area contributed by atoms with Crippen molar-refractivity contribution in [2.45, 2.75) is 31.7 Å². The van der Waals surface area contributed by atoms with Crippen LogP contribution in [0.2, 0.25) is 0 Å². The van der Waals surface area contributed by atoms with Crippen LogP contribution in [-0.4, -0.2) is 58.7 Å². The minimum absolute atomic E-state index is 0.0865. The zero-order valence-electron chi connectivity index (χ0n) is 18.2. The number of nitrogens with one attached hydrogen (secondary N) is 1. The normalized spacial score (nSPS) is 21.3. The fraction of sp³-hybridized carbons (Fsp3) is 0.417. The first-order chi connectivity index (χ1) is 16.0. The molecular weight excluding hydrogens is 424 g/mol. The van der Waals surface area contributed by atoms with Crippen molar-refractivity contribution in [2.24, 2.45) is 5.92 Å². The molecule has 3 aromatic rings. The van der Waals surface area contributed by atoms with Crippen molar-refractivity contribution in [2.75, 3.05) is 31.2 Å². The zero-order valence-corrected chi connectivity index (χ0v) is 18.2. The monoisotopic (exact) mass is 450 g/mol. The molecule has 0 atom stereocenters. The van der Waals surface area contributed by atoms with E-state index in [1.54, 1.807) is 18.3 Å². The second kappa shape index (κ2) is 8.82. The predicted octanol–water partition coefficient (Wildman–Crippen LogP) is 2.06. The molecule has 1 aromatic carbocycles. The molecule has 5 rings (SSSR count). The van der Waals surface area contributed by atoms with E-state index in [1.807, 2.05) is 18.2 Å². The first kappa shape index (κ1) is 21.4. The number of ether oxygens (including phenoxy) is 1. The van der Waals surface area contributed by atoms with Gasteiger partial charge in [-0.15, -0.1) is 0 Å². The van der Waals surface area contributed by atoms with Crippen molar-refractivity contribution in [3.63, 3.8) is 0 Å². The van der Waals surface area contributed by atoms with E-state index in [0.717, 1.165) is 18.8 Å². The second-order valence-corrected chi connectivity index (χ2v) is 8.69. The summed E-state index contributed by atoms with van der Waals surface area (Å²) in [7, 11) is 0. The van der Waals surface area contributed by atoms with E-state index in [4.69, 9.17) is 4.74 Å². The molecule has 1 saturated carbocycles. The van der Waals surface area contributed by atoms with Gasteiger partial charge >= 0.3 is 5.97 Å². The molecule has 33 heavy (non-hydrogen) atoms. The Kier molecular flexibility index (Phi) is 5.72. The summed E-state index contributed by atoms with van der Waals surface area (Å²) in [4.78, 5) is 44.3. The zero-order chi connectivity index (χ0) is 22.9. The lowest BCUT2D eigenvalue weighted by atomic mass is 9.86. The lowest BCUT2D eigenvalue weighted by Gasteiger charge is -2.29. The van der Waals surface area contributed by atoms with Crippen molar-refractivity contribution < 1.29 is 19.4 Å². The number of carboxylic acids is 1. The van der Waals surface area contributed by atoms with Crippen LogP contribution >= 0.6 is 0 Å². The number of hydrogen-bond acceptors (Lipinski definition) is 6. The third kappa shape index (κ3) is 4.16. The Labute approximate surface area is 190 Å². The molecule has 1 aliphatic carbocycles. The summed E-state index contributed by atoms with van der Waals surface area (Å²) in [5, 5.41) is 12.7. The molecule has 2 N–H and O–H groups in total. The molecule has 0 bridgehead atoms. The number of morpholine rings is 1. The number of carboxylic acid groups (broad SMARTS) is 1. The number of pyridine rings is 1. The van der Waals surface area contributed by atoms with E-state index < -0.39 is 5.97 Å². The van der Waals surface area contributed by atoms with Crippen LogP contribution in [0, 0.1) is 5.92 Å². The number of aliphatic carboxylic acids is 1. The van der Waals surface area contributed by atoms with E-state index in [9.17, 15) is 19.5 Å². The predicted molar refractivity (Wildman–Crippen MR) is 123 cm³/mol. The van der Waals surface area contributed by atoms with E-state index in [-0.39, 0.29) is 23.4 Å². The summed E-state index contributed by atoms with van der Waals surface area (Å²) in [6.07, 6.45) is 3.95. The largest absolute Gasteiger partial charge is 0.481 e. The summed E-state index contributed by atoms with van der Waals surface area (Å²) in [5.74, 6) is -1.42. The number of nitrogens with zero attached hydrogens (tertiary/aromatic N) is 3. The van der Waals surface area contributed by atoms with Crippen LogP contribution in [0.4, 0.5) is 5.69 Å². The molecule has 9 nitrogen and oxygen atoms in total. The van der Waals surface area contributed by atoms with Crippen molar-refractivity contribution >= 4 is 34.1 Å². The molecule has 2 aromatic heterocycles. The molecule has 2 fully saturated rings. The Hall–Kier alpha value is -3.46. The SMILES string of the molecule is O=C(N[C@H]1CC[C@@H](C(=O)O)CC1)c1cccn2c(=O)c3cc(N4CCOCC4)ccc3nc12. The maximum absolute atomic E-state index is 13.3. The van der Waals surface area contributed by atoms with E-state index in [2.05, 4.69) is 15.2 Å². The van der Waals surface area contributed by atoms with Gasteiger partial charge in [0.25, 0.3) is 11.5 Å². The highest BCUT2D eigenvalue weighted by molar-refractivity contribution is 6.00. The number of amides is 1. The fourth-order valence-corrected chi connectivity index (χ4v) is 4.76. The van der Waals surface area contributed by atoms with Gasteiger partial charge in [0.15, 0.2) is 5.65 Å². The minimum Gasteiger partial charge on any atom is -0.481 e. The second-order valence-electron chi connectivity index (χ2n) is 8.69. The molecule has 3 heterocycles. The van der Waals surface area contributed by atoms with Crippen molar-refractivity contribution in [1.29, 1.82) is 0 Å². The first-order valence-corrected chi connectivity index (χ1v) is 11.3. The number of hydrogen-bond donors (Lipinski definition) is 2. The van der Waals surface area contributed by atoms with Gasteiger partial charge in [0.2, 0.25) is 0 Å². The number of rotatable bonds is 4. The molecule has 0 radical (unpaired) electrons. The van der Waals surface area contributed by atoms with Gasteiger partial charge in [0, 0.05) is 31.0 Å². The molecule has 9 heteroatoms. The Bertz CT molecular complexity index is 1270. The number of carbonyl (C=O) groups is 2. The maximum Gasteiger partial charge on any atom is 0.306 e. The number of anilines is 1. The average molecular weight is 450 g/mol. The number of fused-ring (bicyclic) bond motifs is 2. The number of aromatic nitrogens is 2. The van der Waals surface area contributed by atoms with Crippen molar-refractivity contribution in [3.05, 3.63) is 52.4 Å². The molecule has 172 valence electrons. The smallest absolute Gasteiger partial charge is 0.306 e. The van der Waals surface area contributed by atoms with Gasteiger partial charge in [0.05, 0.1) is 35.6 Å². The molecule has 1 aliphatic heterocycles. The summed E-state index contributed by atoms with van der Waals surface area (Å²) in [6.45, 7) is 2.85. The summed E-state index contributed by atoms with van der Waals surface area (Å²) in [5.41, 5.74) is 1.91. The topological polar surface area (TPSA) is 113 Å². The summed E-state index contributed by atoms with van der Waals surface area (Å²) in [6, 6.07) is 8.87. The Balaban J connectivity index is 1.45. The van der Waals surface area contributed by atoms with Gasteiger partial charge in [0.1, 0.15) is 0 Å². The highest BCUT2D eigenvalue weighted by Gasteiger charge is 2.27. The molecule has 1 saturated heterocycles. The van der Waals surface area contributed by atoms with Crippen molar-refractivity contribution in [1.82, 2.24) is 14.7 Å². The highest BCUT2D eigenvalue weighted by Crippen LogP contribution is 2.25. The van der Waals surface area contributed by atoms with E-state index in [0.29, 0.717) is 61.0 Å². The van der Waals surface area contributed by atoms with Gasteiger partial charge in [-0.05, 0) is 56.0 Å². The van der Waals surface area contributed by atoms with Crippen LogP contribution in [0.25, 0.3) is 16.6 Å². The lowest BCUT2D eigenvalue weighted by molar-refractivity contribution is -0.142. The Morgan fingerprint density at radius 3 is 2.58 bits per heavy atom. The first-order valence-electron chi connectivity index (χ1n) is 11.3. The standard InChI is InChI=1S/C24H26N4O5/c29-22(25-16-5-3-15(4-6-16)24(31)32)18-2-1-9-28-21(18)26-20-8-7-17(14-19(20)23(28)30)27-10-12-33-13-11-27/h1-2,7-9,14-16H,3-6,10-13H2,(H,25,29)(H,31,32)/t15-,16+. The molecule has 0 spiro atoms. The third-order valence-electron chi connectivity index (χ3n) is 6.66. The van der Waals surface area contributed by atoms with Gasteiger partial charge in [-0.25, -0.2) is 4.98 Å². The Morgan fingerprint density at radius 2 is 1.85 bits per heavy atom. The van der Waals surface area contributed by atoms with Crippen LogP contribution in [0.1, 0.15) is 36.0 Å². The molecular formula is C24H26N4O5. The lowest BCUT2D eigenvalue weighted by Crippen LogP contribution is -2.39. The van der Waals surface area contributed by atoms with Crippen molar-refractivity contribution in [3.8, 4) is 0 Å². The summed E-state index contributed by atoms with van der Waals surface area (Å²) >= 11 is 0. The van der Waals surface area contributed by atoms with Crippen LogP contribution in [0.5, 0.6) is 0 Å². The third-order valence-corrected chi connectivity index (χ3v) is 6.66. The van der Waals surface area contributed by atoms with Crippen LogP contribution in [-0.2, 0) is 9.53 Å². The minimum atomic E-state index is -0.777. The number of benzene rings is 1. The highest BCUT2D eigenvalue weighted by atomic mass is 16.5. The van der Waals surface area contributed by atoms with Gasteiger partial charge in [-0.1, -0.05) is 0 Å².